The van der Waals surface area contributed by atoms with E-state index >= 15 is 0 Å². The second kappa shape index (κ2) is 6.77. The quantitative estimate of drug-likeness (QED) is 0.267. The van der Waals surface area contributed by atoms with E-state index in [4.69, 9.17) is 9.15 Å². The van der Waals surface area contributed by atoms with Crippen LogP contribution < -0.4 is 10.4 Å². The van der Waals surface area contributed by atoms with Gasteiger partial charge in [-0.1, -0.05) is 46.3 Å². The summed E-state index contributed by atoms with van der Waals surface area (Å²) in [6, 6.07) is 18.3. The minimum Gasteiger partial charge on any atom is -0.488 e. The van der Waals surface area contributed by atoms with E-state index in [9.17, 15) is 9.59 Å². The molecule has 1 aromatic heterocycles. The molecule has 4 nitrogen and oxygen atoms in total. The predicted molar refractivity (Wildman–Crippen MR) is 104 cm³/mol. The molecule has 0 radical (unpaired) electrons. The lowest BCUT2D eigenvalue weighted by molar-refractivity contribution is 0.111. The van der Waals surface area contributed by atoms with Gasteiger partial charge in [0, 0.05) is 21.5 Å². The average Bonchev–Trinajstić information content (AvgIpc) is 2.66. The maximum absolute atomic E-state index is 11.9. The van der Waals surface area contributed by atoms with Crippen LogP contribution in [0.25, 0.3) is 21.7 Å². The van der Waals surface area contributed by atoms with Gasteiger partial charge in [0.15, 0.2) is 6.29 Å². The lowest BCUT2D eigenvalue weighted by Crippen LogP contribution is -2.05. The summed E-state index contributed by atoms with van der Waals surface area (Å²) in [5.74, 6) is 0.463. The minimum absolute atomic E-state index is 0.151. The highest BCUT2D eigenvalue weighted by molar-refractivity contribution is 9.10. The van der Waals surface area contributed by atoms with Crippen LogP contribution >= 0.6 is 15.9 Å². The number of fused-ring (bicyclic) bond motifs is 3. The van der Waals surface area contributed by atoms with Crippen molar-refractivity contribution in [3.63, 3.8) is 0 Å². The van der Waals surface area contributed by atoms with Crippen LogP contribution in [0.4, 0.5) is 0 Å². The van der Waals surface area contributed by atoms with Crippen molar-refractivity contribution in [3.8, 4) is 5.75 Å². The highest BCUT2D eigenvalue weighted by atomic mass is 79.9. The summed E-state index contributed by atoms with van der Waals surface area (Å²) in [5, 5.41) is 2.87. The number of hydrogen-bond donors (Lipinski definition) is 0. The largest absolute Gasteiger partial charge is 0.488 e. The molecule has 0 saturated carbocycles. The van der Waals surface area contributed by atoms with Gasteiger partial charge in [0.05, 0.1) is 5.56 Å². The van der Waals surface area contributed by atoms with Gasteiger partial charge in [-0.15, -0.1) is 0 Å². The molecule has 0 saturated heterocycles. The monoisotopic (exact) mass is 408 g/mol. The van der Waals surface area contributed by atoms with Crippen molar-refractivity contribution in [2.75, 3.05) is 0 Å². The number of rotatable bonds is 4. The molecular weight excluding hydrogens is 396 g/mol. The lowest BCUT2D eigenvalue weighted by atomic mass is 10.0. The van der Waals surface area contributed by atoms with Crippen molar-refractivity contribution >= 4 is 44.0 Å². The van der Waals surface area contributed by atoms with E-state index in [0.717, 1.165) is 26.9 Å². The summed E-state index contributed by atoms with van der Waals surface area (Å²) >= 11 is 3.33. The molecule has 0 fully saturated rings. The summed E-state index contributed by atoms with van der Waals surface area (Å²) in [7, 11) is 0. The average molecular weight is 409 g/mol. The molecule has 0 N–H and O–H groups in total. The Balaban J connectivity index is 1.82. The maximum atomic E-state index is 11.9. The highest BCUT2D eigenvalue weighted by Gasteiger charge is 2.11. The zero-order chi connectivity index (χ0) is 18.1. The molecule has 0 aliphatic heterocycles. The third-order valence-electron chi connectivity index (χ3n) is 4.20. The minimum atomic E-state index is -0.433. The highest BCUT2D eigenvalue weighted by Crippen LogP contribution is 2.29. The molecule has 1 heterocycles. The second-order valence-electron chi connectivity index (χ2n) is 5.84. The van der Waals surface area contributed by atoms with Crippen molar-refractivity contribution < 1.29 is 13.9 Å². The van der Waals surface area contributed by atoms with E-state index in [0.29, 0.717) is 22.5 Å². The SMILES string of the molecule is O=Cc1cc(Br)ccc1OCc1cc(=O)oc2ccc3ccccc3c12. The molecule has 0 spiro atoms. The zero-order valence-electron chi connectivity index (χ0n) is 13.6. The van der Waals surface area contributed by atoms with Gasteiger partial charge in [0.1, 0.15) is 17.9 Å². The van der Waals surface area contributed by atoms with Crippen LogP contribution in [0.5, 0.6) is 5.75 Å². The normalized spacial score (nSPS) is 11.0. The first-order valence-electron chi connectivity index (χ1n) is 7.98. The Morgan fingerprint density at radius 3 is 2.73 bits per heavy atom. The van der Waals surface area contributed by atoms with Gasteiger partial charge in [0.25, 0.3) is 0 Å². The van der Waals surface area contributed by atoms with Gasteiger partial charge < -0.3 is 9.15 Å². The maximum Gasteiger partial charge on any atom is 0.336 e. The van der Waals surface area contributed by atoms with E-state index in [1.165, 1.54) is 6.07 Å². The number of benzene rings is 3. The van der Waals surface area contributed by atoms with Gasteiger partial charge in [0.2, 0.25) is 0 Å². The number of ether oxygens (including phenoxy) is 1. The molecule has 4 rings (SSSR count). The van der Waals surface area contributed by atoms with Crippen molar-refractivity contribution in [2.24, 2.45) is 0 Å². The van der Waals surface area contributed by atoms with Gasteiger partial charge in [-0.2, -0.15) is 0 Å². The third kappa shape index (κ3) is 3.02. The topological polar surface area (TPSA) is 56.5 Å². The Bertz CT molecular complexity index is 1190. The molecule has 0 amide bonds. The fourth-order valence-electron chi connectivity index (χ4n) is 3.03. The van der Waals surface area contributed by atoms with Gasteiger partial charge in [-0.05, 0) is 35.0 Å². The van der Waals surface area contributed by atoms with Crippen LogP contribution in [0.2, 0.25) is 0 Å². The lowest BCUT2D eigenvalue weighted by Gasteiger charge is -2.11. The van der Waals surface area contributed by atoms with Crippen LogP contribution in [0, 0.1) is 0 Å². The van der Waals surface area contributed by atoms with Crippen molar-refractivity contribution in [1.82, 2.24) is 0 Å². The number of hydrogen-bond acceptors (Lipinski definition) is 4. The van der Waals surface area contributed by atoms with Crippen molar-refractivity contribution in [3.05, 3.63) is 86.7 Å². The third-order valence-corrected chi connectivity index (χ3v) is 4.69. The van der Waals surface area contributed by atoms with E-state index < -0.39 is 5.63 Å². The zero-order valence-corrected chi connectivity index (χ0v) is 15.2. The van der Waals surface area contributed by atoms with Crippen molar-refractivity contribution in [2.45, 2.75) is 6.61 Å². The van der Waals surface area contributed by atoms with Gasteiger partial charge in [-0.3, -0.25) is 4.79 Å². The molecule has 128 valence electrons. The van der Waals surface area contributed by atoms with E-state index in [2.05, 4.69) is 15.9 Å². The number of halogens is 1. The van der Waals surface area contributed by atoms with Crippen LogP contribution in [0.3, 0.4) is 0 Å². The van der Waals surface area contributed by atoms with Gasteiger partial charge >= 0.3 is 5.63 Å². The number of carbonyl (C=O) groups excluding carboxylic acids is 1. The Hall–Kier alpha value is -2.92. The summed E-state index contributed by atoms with van der Waals surface area (Å²) in [6.07, 6.45) is 0.743. The van der Waals surface area contributed by atoms with E-state index in [1.54, 1.807) is 24.3 Å². The first kappa shape index (κ1) is 16.5. The van der Waals surface area contributed by atoms with Gasteiger partial charge in [-0.25, -0.2) is 4.79 Å². The van der Waals surface area contributed by atoms with Crippen molar-refractivity contribution in [1.29, 1.82) is 0 Å². The Morgan fingerprint density at radius 1 is 1.04 bits per heavy atom. The summed E-state index contributed by atoms with van der Waals surface area (Å²) in [5.41, 5.74) is 1.24. The standard InChI is InChI=1S/C21H13BrO4/c22-16-6-8-18(14(9-16)11-23)25-12-15-10-20(24)26-19-7-5-13-3-1-2-4-17(13)21(15)19/h1-11H,12H2. The van der Waals surface area contributed by atoms with Crippen LogP contribution in [0.1, 0.15) is 15.9 Å². The van der Waals surface area contributed by atoms with E-state index in [1.807, 2.05) is 30.3 Å². The number of carbonyl (C=O) groups is 1. The molecule has 0 aliphatic carbocycles. The summed E-state index contributed by atoms with van der Waals surface area (Å²) in [4.78, 5) is 23.2. The van der Waals surface area contributed by atoms with E-state index in [-0.39, 0.29) is 6.61 Å². The fourth-order valence-corrected chi connectivity index (χ4v) is 3.41. The van der Waals surface area contributed by atoms with Crippen LogP contribution in [-0.2, 0) is 6.61 Å². The fraction of sp³-hybridized carbons (Fsp3) is 0.0476. The Labute approximate surface area is 157 Å². The first-order chi connectivity index (χ1) is 12.7. The molecule has 0 aliphatic rings. The van der Waals surface area contributed by atoms with Crippen LogP contribution in [-0.4, -0.2) is 6.29 Å². The number of aldehydes is 1. The Kier molecular flexibility index (Phi) is 4.31. The molecular formula is C21H13BrO4. The molecule has 0 unspecified atom stereocenters. The Morgan fingerprint density at radius 2 is 1.88 bits per heavy atom. The first-order valence-corrected chi connectivity index (χ1v) is 8.77. The predicted octanol–water partition coefficient (Wildman–Crippen LogP) is 5.10. The molecule has 4 aromatic rings. The van der Waals surface area contributed by atoms with Crippen LogP contribution in [0.15, 0.2) is 74.3 Å². The molecule has 26 heavy (non-hydrogen) atoms. The molecule has 0 bridgehead atoms. The summed E-state index contributed by atoms with van der Waals surface area (Å²) in [6.45, 7) is 0.151. The summed E-state index contributed by atoms with van der Waals surface area (Å²) < 4.78 is 12.0. The second-order valence-corrected chi connectivity index (χ2v) is 6.75. The molecule has 5 heteroatoms. The molecule has 3 aromatic carbocycles. The molecule has 0 atom stereocenters. The smallest absolute Gasteiger partial charge is 0.336 e.